The highest BCUT2D eigenvalue weighted by molar-refractivity contribution is 5.25. The highest BCUT2D eigenvalue weighted by Gasteiger charge is 2.24. The molecule has 0 N–H and O–H groups in total. The Balaban J connectivity index is 1.36. The van der Waals surface area contributed by atoms with Crippen LogP contribution in [0.25, 0.3) is 0 Å². The number of halogens is 1. The zero-order chi connectivity index (χ0) is 17.5. The Morgan fingerprint density at radius 2 is 1.40 bits per heavy atom. The lowest BCUT2D eigenvalue weighted by atomic mass is 9.74. The van der Waals surface area contributed by atoms with Gasteiger partial charge in [0.25, 0.3) is 0 Å². The minimum atomic E-state index is 0.510. The number of aryl methyl sites for hydroxylation is 1. The molecule has 0 radical (unpaired) electrons. The summed E-state index contributed by atoms with van der Waals surface area (Å²) in [5.74, 6) is 3.17. The second kappa shape index (κ2) is 9.55. The Labute approximate surface area is 153 Å². The summed E-state index contributed by atoms with van der Waals surface area (Å²) >= 11 is 0. The van der Waals surface area contributed by atoms with E-state index >= 15 is 0 Å². The molecule has 0 atom stereocenters. The lowest BCUT2D eigenvalue weighted by Gasteiger charge is -2.31. The summed E-state index contributed by atoms with van der Waals surface area (Å²) in [6.07, 6.45) is 17.1. The molecule has 0 amide bonds. The average Bonchev–Trinajstić information content (AvgIpc) is 2.68. The predicted octanol–water partition coefficient (Wildman–Crippen LogP) is 7.59. The fraction of sp³-hybridized carbons (Fsp3) is 0.667. The summed E-state index contributed by atoms with van der Waals surface area (Å²) in [6, 6.07) is 9.37. The Hall–Kier alpha value is -1.11. The van der Waals surface area contributed by atoms with Crippen molar-refractivity contribution in [2.24, 2.45) is 17.8 Å². The van der Waals surface area contributed by atoms with Gasteiger partial charge < -0.3 is 0 Å². The SMILES string of the molecule is CCc1ccc(C2CCC(CCC3CCC(C=CF)CC3)CC2)cc1. The van der Waals surface area contributed by atoms with Crippen LogP contribution in [-0.4, -0.2) is 0 Å². The molecule has 0 heterocycles. The number of allylic oxidation sites excluding steroid dienone is 1. The van der Waals surface area contributed by atoms with Gasteiger partial charge in [0.1, 0.15) is 0 Å². The molecule has 138 valence electrons. The van der Waals surface area contributed by atoms with Crippen molar-refractivity contribution in [3.8, 4) is 0 Å². The second-order valence-corrected chi connectivity index (χ2v) is 8.49. The third-order valence-electron chi connectivity index (χ3n) is 6.93. The van der Waals surface area contributed by atoms with Crippen LogP contribution in [0, 0.1) is 17.8 Å². The summed E-state index contributed by atoms with van der Waals surface area (Å²) in [5, 5.41) is 0. The van der Waals surface area contributed by atoms with E-state index in [1.165, 1.54) is 69.8 Å². The van der Waals surface area contributed by atoms with Crippen molar-refractivity contribution in [2.45, 2.75) is 83.5 Å². The lowest BCUT2D eigenvalue weighted by Crippen LogP contribution is -2.17. The van der Waals surface area contributed by atoms with Crippen molar-refractivity contribution in [3.63, 3.8) is 0 Å². The highest BCUT2D eigenvalue weighted by atomic mass is 19.1. The molecule has 1 aromatic carbocycles. The largest absolute Gasteiger partial charge is 0.216 e. The van der Waals surface area contributed by atoms with Gasteiger partial charge in [-0.05, 0) is 92.6 Å². The van der Waals surface area contributed by atoms with E-state index in [9.17, 15) is 4.39 Å². The van der Waals surface area contributed by atoms with Crippen molar-refractivity contribution in [3.05, 3.63) is 47.8 Å². The topological polar surface area (TPSA) is 0 Å². The van der Waals surface area contributed by atoms with Gasteiger partial charge in [-0.3, -0.25) is 0 Å². The maximum Gasteiger partial charge on any atom is 0.0829 e. The fourth-order valence-corrected chi connectivity index (χ4v) is 5.05. The third-order valence-corrected chi connectivity index (χ3v) is 6.93. The first-order valence-electron chi connectivity index (χ1n) is 10.6. The van der Waals surface area contributed by atoms with Crippen LogP contribution in [0.15, 0.2) is 36.7 Å². The van der Waals surface area contributed by atoms with Crippen LogP contribution in [0.5, 0.6) is 0 Å². The van der Waals surface area contributed by atoms with E-state index in [-0.39, 0.29) is 0 Å². The fourth-order valence-electron chi connectivity index (χ4n) is 5.05. The van der Waals surface area contributed by atoms with Crippen molar-refractivity contribution >= 4 is 0 Å². The molecule has 0 bridgehead atoms. The Bertz CT molecular complexity index is 514. The molecule has 0 saturated heterocycles. The van der Waals surface area contributed by atoms with Crippen LogP contribution < -0.4 is 0 Å². The molecule has 2 aliphatic rings. The molecular formula is C24H35F. The summed E-state index contributed by atoms with van der Waals surface area (Å²) in [6.45, 7) is 2.23. The maximum absolute atomic E-state index is 12.3. The van der Waals surface area contributed by atoms with Gasteiger partial charge in [0, 0.05) is 0 Å². The second-order valence-electron chi connectivity index (χ2n) is 8.49. The first-order chi connectivity index (χ1) is 12.3. The molecule has 2 aliphatic carbocycles. The van der Waals surface area contributed by atoms with Crippen LogP contribution in [-0.2, 0) is 6.42 Å². The van der Waals surface area contributed by atoms with E-state index in [4.69, 9.17) is 0 Å². The molecular weight excluding hydrogens is 307 g/mol. The van der Waals surface area contributed by atoms with Crippen molar-refractivity contribution in [1.82, 2.24) is 0 Å². The van der Waals surface area contributed by atoms with E-state index in [1.54, 1.807) is 11.6 Å². The van der Waals surface area contributed by atoms with Gasteiger partial charge in [-0.25, -0.2) is 4.39 Å². The minimum Gasteiger partial charge on any atom is -0.216 e. The molecule has 0 spiro atoms. The van der Waals surface area contributed by atoms with Gasteiger partial charge in [-0.2, -0.15) is 0 Å². The molecule has 0 nitrogen and oxygen atoms in total. The summed E-state index contributed by atoms with van der Waals surface area (Å²) in [4.78, 5) is 0. The molecule has 0 unspecified atom stereocenters. The van der Waals surface area contributed by atoms with Crippen molar-refractivity contribution in [2.75, 3.05) is 0 Å². The van der Waals surface area contributed by atoms with Gasteiger partial charge in [-0.15, -0.1) is 0 Å². The van der Waals surface area contributed by atoms with Crippen LogP contribution >= 0.6 is 0 Å². The Morgan fingerprint density at radius 1 is 0.840 bits per heavy atom. The van der Waals surface area contributed by atoms with E-state index < -0.39 is 0 Å². The third kappa shape index (κ3) is 5.43. The minimum absolute atomic E-state index is 0.510. The molecule has 2 saturated carbocycles. The number of benzene rings is 1. The molecule has 3 rings (SSSR count). The first-order valence-corrected chi connectivity index (χ1v) is 10.6. The van der Waals surface area contributed by atoms with Crippen molar-refractivity contribution in [1.29, 1.82) is 0 Å². The Morgan fingerprint density at radius 3 is 1.92 bits per heavy atom. The van der Waals surface area contributed by atoms with E-state index in [0.717, 1.165) is 30.5 Å². The van der Waals surface area contributed by atoms with E-state index in [2.05, 4.69) is 31.2 Å². The quantitative estimate of drug-likeness (QED) is 0.499. The van der Waals surface area contributed by atoms with Gasteiger partial charge in [0.15, 0.2) is 0 Å². The number of hydrogen-bond donors (Lipinski definition) is 0. The van der Waals surface area contributed by atoms with E-state index in [0.29, 0.717) is 5.92 Å². The van der Waals surface area contributed by atoms with Gasteiger partial charge in [-0.1, -0.05) is 50.1 Å². The number of hydrogen-bond acceptors (Lipinski definition) is 0. The van der Waals surface area contributed by atoms with Crippen LogP contribution in [0.1, 0.15) is 88.2 Å². The zero-order valence-corrected chi connectivity index (χ0v) is 15.9. The van der Waals surface area contributed by atoms with Gasteiger partial charge in [0.2, 0.25) is 0 Å². The lowest BCUT2D eigenvalue weighted by molar-refractivity contribution is 0.245. The first kappa shape index (κ1) is 18.7. The average molecular weight is 343 g/mol. The predicted molar refractivity (Wildman–Crippen MR) is 105 cm³/mol. The molecule has 0 aliphatic heterocycles. The summed E-state index contributed by atoms with van der Waals surface area (Å²) in [7, 11) is 0. The zero-order valence-electron chi connectivity index (χ0n) is 15.9. The summed E-state index contributed by atoms with van der Waals surface area (Å²) in [5.41, 5.74) is 3.02. The van der Waals surface area contributed by atoms with E-state index in [1.807, 2.05) is 0 Å². The smallest absolute Gasteiger partial charge is 0.0829 e. The standard InChI is InChI=1S/C24H35F/c1-2-19-9-13-23(14-10-19)24-15-11-21(12-16-24)4-3-20-5-7-22(8-6-20)17-18-25/h9-10,13-14,17-18,20-22,24H,2-8,11-12,15-16H2,1H3. The molecule has 1 aromatic rings. The molecule has 2 fully saturated rings. The molecule has 1 heteroatoms. The van der Waals surface area contributed by atoms with Crippen LogP contribution in [0.2, 0.25) is 0 Å². The van der Waals surface area contributed by atoms with Crippen LogP contribution in [0.3, 0.4) is 0 Å². The van der Waals surface area contributed by atoms with Crippen molar-refractivity contribution < 1.29 is 4.39 Å². The van der Waals surface area contributed by atoms with Gasteiger partial charge in [0.05, 0.1) is 6.33 Å². The molecule has 0 aromatic heterocycles. The monoisotopic (exact) mass is 342 g/mol. The van der Waals surface area contributed by atoms with Crippen LogP contribution in [0.4, 0.5) is 4.39 Å². The maximum atomic E-state index is 12.3. The number of rotatable bonds is 6. The molecule has 25 heavy (non-hydrogen) atoms. The summed E-state index contributed by atoms with van der Waals surface area (Å²) < 4.78 is 12.3. The van der Waals surface area contributed by atoms with Gasteiger partial charge >= 0.3 is 0 Å². The Kier molecular flexibility index (Phi) is 7.13. The normalized spacial score (nSPS) is 30.6. The highest BCUT2D eigenvalue weighted by Crippen LogP contribution is 2.39.